The standard InChI is InChI=1S/C13H11BrFNO/c14-10-3-1-9(2-4-10)7-13(17)12-6-5-11(15)8-16-12/h1-6,8,13,17H,7H2. The van der Waals surface area contributed by atoms with E-state index in [1.54, 1.807) is 0 Å². The first kappa shape index (κ1) is 12.2. The molecule has 0 radical (unpaired) electrons. The van der Waals surface area contributed by atoms with E-state index < -0.39 is 11.9 Å². The van der Waals surface area contributed by atoms with Crippen LogP contribution in [-0.4, -0.2) is 10.1 Å². The Labute approximate surface area is 107 Å². The van der Waals surface area contributed by atoms with Gasteiger partial charge in [-0.15, -0.1) is 0 Å². The van der Waals surface area contributed by atoms with Gasteiger partial charge in [-0.1, -0.05) is 28.1 Å². The lowest BCUT2D eigenvalue weighted by molar-refractivity contribution is 0.173. The van der Waals surface area contributed by atoms with Crippen LogP contribution in [0.1, 0.15) is 17.4 Å². The average molecular weight is 296 g/mol. The van der Waals surface area contributed by atoms with Gasteiger partial charge in [-0.3, -0.25) is 4.98 Å². The lowest BCUT2D eigenvalue weighted by Gasteiger charge is -2.10. The van der Waals surface area contributed by atoms with Crippen molar-refractivity contribution in [3.05, 3.63) is 64.1 Å². The molecule has 0 aliphatic rings. The summed E-state index contributed by atoms with van der Waals surface area (Å²) in [5, 5.41) is 9.94. The first-order valence-electron chi connectivity index (χ1n) is 5.19. The smallest absolute Gasteiger partial charge is 0.141 e. The predicted octanol–water partition coefficient (Wildman–Crippen LogP) is 3.26. The highest BCUT2D eigenvalue weighted by Crippen LogP contribution is 2.18. The highest BCUT2D eigenvalue weighted by Gasteiger charge is 2.09. The Kier molecular flexibility index (Phi) is 3.86. The third kappa shape index (κ3) is 3.35. The molecule has 4 heteroatoms. The number of hydrogen-bond donors (Lipinski definition) is 1. The molecule has 2 nitrogen and oxygen atoms in total. The normalized spacial score (nSPS) is 12.4. The minimum Gasteiger partial charge on any atom is -0.386 e. The van der Waals surface area contributed by atoms with E-state index in [2.05, 4.69) is 20.9 Å². The van der Waals surface area contributed by atoms with E-state index in [4.69, 9.17) is 0 Å². The Morgan fingerprint density at radius 2 is 1.88 bits per heavy atom. The summed E-state index contributed by atoms with van der Waals surface area (Å²) in [7, 11) is 0. The number of aliphatic hydroxyl groups excluding tert-OH is 1. The predicted molar refractivity (Wildman–Crippen MR) is 67.0 cm³/mol. The van der Waals surface area contributed by atoms with Crippen LogP contribution in [0.2, 0.25) is 0 Å². The maximum Gasteiger partial charge on any atom is 0.141 e. The number of pyridine rings is 1. The summed E-state index contributed by atoms with van der Waals surface area (Å²) in [5.41, 5.74) is 1.49. The number of halogens is 2. The van der Waals surface area contributed by atoms with Crippen LogP contribution in [0.3, 0.4) is 0 Å². The summed E-state index contributed by atoms with van der Waals surface area (Å²) in [6.45, 7) is 0. The van der Waals surface area contributed by atoms with Crippen molar-refractivity contribution < 1.29 is 9.50 Å². The van der Waals surface area contributed by atoms with E-state index in [9.17, 15) is 9.50 Å². The van der Waals surface area contributed by atoms with Crippen molar-refractivity contribution in [2.45, 2.75) is 12.5 Å². The Balaban J connectivity index is 2.08. The highest BCUT2D eigenvalue weighted by molar-refractivity contribution is 9.10. The number of hydrogen-bond acceptors (Lipinski definition) is 2. The zero-order valence-corrected chi connectivity index (χ0v) is 10.6. The molecule has 0 spiro atoms. The van der Waals surface area contributed by atoms with Crippen LogP contribution >= 0.6 is 15.9 Å². The van der Waals surface area contributed by atoms with Crippen LogP contribution in [0, 0.1) is 5.82 Å². The molecule has 2 aromatic rings. The Morgan fingerprint density at radius 3 is 2.47 bits per heavy atom. The molecule has 1 heterocycles. The van der Waals surface area contributed by atoms with E-state index in [1.807, 2.05) is 24.3 Å². The molecule has 2 rings (SSSR count). The number of nitrogens with zero attached hydrogens (tertiary/aromatic N) is 1. The molecule has 0 amide bonds. The van der Waals surface area contributed by atoms with Gasteiger partial charge in [-0.25, -0.2) is 4.39 Å². The average Bonchev–Trinajstić information content (AvgIpc) is 2.33. The quantitative estimate of drug-likeness (QED) is 0.943. The van der Waals surface area contributed by atoms with Gasteiger partial charge in [0.1, 0.15) is 5.82 Å². The topological polar surface area (TPSA) is 33.1 Å². The molecule has 0 bridgehead atoms. The molecule has 1 unspecified atom stereocenters. The maximum absolute atomic E-state index is 12.7. The van der Waals surface area contributed by atoms with E-state index in [0.717, 1.165) is 16.2 Å². The van der Waals surface area contributed by atoms with Crippen LogP contribution in [-0.2, 0) is 6.42 Å². The molecule has 88 valence electrons. The van der Waals surface area contributed by atoms with Gasteiger partial charge < -0.3 is 5.11 Å². The van der Waals surface area contributed by atoms with Crippen molar-refractivity contribution in [3.63, 3.8) is 0 Å². The van der Waals surface area contributed by atoms with Gasteiger partial charge in [0.2, 0.25) is 0 Å². The molecule has 0 aliphatic heterocycles. The Morgan fingerprint density at radius 1 is 1.18 bits per heavy atom. The minimum absolute atomic E-state index is 0.399. The first-order chi connectivity index (χ1) is 8.15. The van der Waals surface area contributed by atoms with Gasteiger partial charge in [0.25, 0.3) is 0 Å². The van der Waals surface area contributed by atoms with Crippen LogP contribution in [0.5, 0.6) is 0 Å². The van der Waals surface area contributed by atoms with Crippen molar-refractivity contribution >= 4 is 15.9 Å². The Hall–Kier alpha value is -1.26. The van der Waals surface area contributed by atoms with Crippen molar-refractivity contribution in [3.8, 4) is 0 Å². The zero-order chi connectivity index (χ0) is 12.3. The second-order valence-corrected chi connectivity index (χ2v) is 4.66. The van der Waals surface area contributed by atoms with Crippen LogP contribution in [0.15, 0.2) is 47.1 Å². The molecular formula is C13H11BrFNO. The third-order valence-electron chi connectivity index (χ3n) is 2.43. The SMILES string of the molecule is OC(Cc1ccc(Br)cc1)c1ccc(F)cn1. The summed E-state index contributed by atoms with van der Waals surface area (Å²) in [6.07, 6.45) is 0.864. The molecule has 0 saturated heterocycles. The van der Waals surface area contributed by atoms with Crippen molar-refractivity contribution in [2.24, 2.45) is 0 Å². The molecule has 17 heavy (non-hydrogen) atoms. The van der Waals surface area contributed by atoms with Crippen molar-refractivity contribution in [2.75, 3.05) is 0 Å². The second kappa shape index (κ2) is 5.38. The Bertz CT molecular complexity index is 484. The van der Waals surface area contributed by atoms with Crippen molar-refractivity contribution in [1.82, 2.24) is 4.98 Å². The molecule has 1 aromatic carbocycles. The number of aromatic nitrogens is 1. The van der Waals surface area contributed by atoms with E-state index in [0.29, 0.717) is 12.1 Å². The van der Waals surface area contributed by atoms with Crippen LogP contribution in [0.4, 0.5) is 4.39 Å². The van der Waals surface area contributed by atoms with E-state index >= 15 is 0 Å². The second-order valence-electron chi connectivity index (χ2n) is 3.75. The number of rotatable bonds is 3. The van der Waals surface area contributed by atoms with Gasteiger partial charge in [0, 0.05) is 10.9 Å². The van der Waals surface area contributed by atoms with E-state index in [-0.39, 0.29) is 0 Å². The summed E-state index contributed by atoms with van der Waals surface area (Å²) < 4.78 is 13.7. The highest BCUT2D eigenvalue weighted by atomic mass is 79.9. The van der Waals surface area contributed by atoms with Gasteiger partial charge >= 0.3 is 0 Å². The largest absolute Gasteiger partial charge is 0.386 e. The molecule has 1 N–H and O–H groups in total. The third-order valence-corrected chi connectivity index (χ3v) is 2.96. The van der Waals surface area contributed by atoms with Gasteiger partial charge in [-0.2, -0.15) is 0 Å². The zero-order valence-electron chi connectivity index (χ0n) is 8.98. The van der Waals surface area contributed by atoms with Crippen molar-refractivity contribution in [1.29, 1.82) is 0 Å². The number of benzene rings is 1. The monoisotopic (exact) mass is 295 g/mol. The van der Waals surface area contributed by atoms with Gasteiger partial charge in [-0.05, 0) is 29.8 Å². The van der Waals surface area contributed by atoms with Crippen LogP contribution in [0.25, 0.3) is 0 Å². The van der Waals surface area contributed by atoms with Gasteiger partial charge in [0.15, 0.2) is 0 Å². The van der Waals surface area contributed by atoms with Gasteiger partial charge in [0.05, 0.1) is 18.0 Å². The fraction of sp³-hybridized carbons (Fsp3) is 0.154. The van der Waals surface area contributed by atoms with Crippen LogP contribution < -0.4 is 0 Å². The maximum atomic E-state index is 12.7. The summed E-state index contributed by atoms with van der Waals surface area (Å²) in [5.74, 6) is -0.399. The lowest BCUT2D eigenvalue weighted by atomic mass is 10.1. The minimum atomic E-state index is -0.711. The molecule has 0 saturated carbocycles. The summed E-state index contributed by atoms with van der Waals surface area (Å²) in [4.78, 5) is 3.86. The van der Waals surface area contributed by atoms with E-state index in [1.165, 1.54) is 12.1 Å². The molecular weight excluding hydrogens is 285 g/mol. The summed E-state index contributed by atoms with van der Waals surface area (Å²) in [6, 6.07) is 10.5. The molecule has 1 aromatic heterocycles. The molecule has 0 fully saturated rings. The number of aliphatic hydroxyl groups is 1. The molecule has 1 atom stereocenters. The fourth-order valence-electron chi connectivity index (χ4n) is 1.53. The molecule has 0 aliphatic carbocycles. The summed E-state index contributed by atoms with van der Waals surface area (Å²) >= 11 is 3.35. The first-order valence-corrected chi connectivity index (χ1v) is 5.98. The fourth-order valence-corrected chi connectivity index (χ4v) is 1.80. The lowest BCUT2D eigenvalue weighted by Crippen LogP contribution is -2.04.